The smallest absolute Gasteiger partial charge is 0.251 e. The maximum absolute atomic E-state index is 13.9. The van der Waals surface area contributed by atoms with Crippen LogP contribution in [0.1, 0.15) is 48.5 Å². The van der Waals surface area contributed by atoms with E-state index in [-0.39, 0.29) is 30.7 Å². The number of aliphatic hydroxyl groups excluding tert-OH is 1. The number of hydrogen-bond donors (Lipinski definition) is 5. The van der Waals surface area contributed by atoms with Crippen LogP contribution in [-0.2, 0) is 6.42 Å². The van der Waals surface area contributed by atoms with Gasteiger partial charge in [0, 0.05) is 37.7 Å². The van der Waals surface area contributed by atoms with Gasteiger partial charge in [-0.15, -0.1) is 0 Å². The van der Waals surface area contributed by atoms with E-state index < -0.39 is 29.7 Å². The number of aliphatic imine (C=N–C) groups is 1. The monoisotopic (exact) mass is 567 g/mol. The second kappa shape index (κ2) is 13.8. The number of halogens is 2. The summed E-state index contributed by atoms with van der Waals surface area (Å²) in [5, 5.41) is 24.4. The van der Waals surface area contributed by atoms with E-state index in [0.29, 0.717) is 17.0 Å². The number of hydrogen-bond acceptors (Lipinski definition) is 7. The highest BCUT2D eigenvalue weighted by molar-refractivity contribution is 6.00. The average Bonchev–Trinajstić information content (AvgIpc) is 3.48. The van der Waals surface area contributed by atoms with Gasteiger partial charge in [-0.05, 0) is 49.1 Å². The van der Waals surface area contributed by atoms with Gasteiger partial charge in [-0.2, -0.15) is 0 Å². The maximum Gasteiger partial charge on any atom is 0.251 e. The Labute approximate surface area is 237 Å². The number of carbonyl (C=O) groups excluding carboxylic acids is 1. The number of fused-ring (bicyclic) bond motifs is 1. The summed E-state index contributed by atoms with van der Waals surface area (Å²) in [5.74, 6) is -1.50. The molecule has 1 amide bonds. The Hall–Kier alpha value is -4.32. The average molecular weight is 568 g/mol. The van der Waals surface area contributed by atoms with Gasteiger partial charge in [-0.3, -0.25) is 10.2 Å². The number of anilines is 2. The maximum atomic E-state index is 13.9. The van der Waals surface area contributed by atoms with E-state index >= 15 is 0 Å². The second-order valence-corrected chi connectivity index (χ2v) is 9.94. The van der Waals surface area contributed by atoms with Crippen LogP contribution in [0.2, 0.25) is 0 Å². The van der Waals surface area contributed by atoms with Gasteiger partial charge in [-0.25, -0.2) is 18.8 Å². The SMILES string of the molecule is CCCCN1CCNc2c(-c3ncco3)cc(C(=O)NC(Cc3cc(F)cc(F)c3)C(O)CCC(N)=NC=N)cc21. The Balaban J connectivity index is 1.66. The van der Waals surface area contributed by atoms with Crippen LogP contribution in [0.25, 0.3) is 11.5 Å². The third-order valence-electron chi connectivity index (χ3n) is 6.93. The summed E-state index contributed by atoms with van der Waals surface area (Å²) < 4.78 is 33.5. The van der Waals surface area contributed by atoms with E-state index in [1.54, 1.807) is 12.1 Å². The number of nitrogens with one attached hydrogen (secondary N) is 3. The quantitative estimate of drug-likeness (QED) is 0.154. The minimum Gasteiger partial charge on any atom is -0.444 e. The topological polar surface area (TPSA) is 153 Å². The zero-order chi connectivity index (χ0) is 29.4. The van der Waals surface area contributed by atoms with Crippen LogP contribution in [0.3, 0.4) is 0 Å². The van der Waals surface area contributed by atoms with Crippen LogP contribution in [0.4, 0.5) is 20.2 Å². The van der Waals surface area contributed by atoms with Crippen molar-refractivity contribution in [3.8, 4) is 11.5 Å². The third kappa shape index (κ3) is 7.66. The molecule has 1 aliphatic rings. The van der Waals surface area contributed by atoms with E-state index in [1.165, 1.54) is 12.5 Å². The highest BCUT2D eigenvalue weighted by atomic mass is 19.1. The van der Waals surface area contributed by atoms with E-state index in [2.05, 4.69) is 32.4 Å². The molecule has 0 saturated carbocycles. The molecule has 2 unspecified atom stereocenters. The van der Waals surface area contributed by atoms with Crippen molar-refractivity contribution in [1.82, 2.24) is 10.3 Å². The molecule has 3 aromatic rings. The first kappa shape index (κ1) is 29.7. The number of aromatic nitrogens is 1. The van der Waals surface area contributed by atoms with Gasteiger partial charge in [0.2, 0.25) is 5.89 Å². The minimum absolute atomic E-state index is 0.0368. The lowest BCUT2D eigenvalue weighted by atomic mass is 9.96. The fourth-order valence-corrected chi connectivity index (χ4v) is 4.90. The Kier molecular flexibility index (Phi) is 10.0. The fourth-order valence-electron chi connectivity index (χ4n) is 4.90. The van der Waals surface area contributed by atoms with Crippen LogP contribution in [0.5, 0.6) is 0 Å². The number of unbranched alkanes of at least 4 members (excludes halogenated alkanes) is 1. The predicted molar refractivity (Wildman–Crippen MR) is 155 cm³/mol. The van der Waals surface area contributed by atoms with E-state index in [0.717, 1.165) is 68.4 Å². The molecule has 2 atom stereocenters. The van der Waals surface area contributed by atoms with Crippen molar-refractivity contribution in [3.05, 3.63) is 65.6 Å². The normalized spacial score (nSPS) is 14.6. The molecule has 218 valence electrons. The Morgan fingerprint density at radius 3 is 2.78 bits per heavy atom. The van der Waals surface area contributed by atoms with E-state index in [9.17, 15) is 18.7 Å². The first-order valence-corrected chi connectivity index (χ1v) is 13.6. The summed E-state index contributed by atoms with van der Waals surface area (Å²) in [6.45, 7) is 4.41. The molecule has 0 radical (unpaired) electrons. The molecule has 0 bridgehead atoms. The minimum atomic E-state index is -1.13. The van der Waals surface area contributed by atoms with Crippen molar-refractivity contribution in [1.29, 1.82) is 5.41 Å². The highest BCUT2D eigenvalue weighted by Crippen LogP contribution is 2.39. The van der Waals surface area contributed by atoms with Crippen LogP contribution in [0.15, 0.2) is 52.2 Å². The first-order chi connectivity index (χ1) is 19.8. The largest absolute Gasteiger partial charge is 0.444 e. The predicted octanol–water partition coefficient (Wildman–Crippen LogP) is 4.10. The number of amides is 1. The lowest BCUT2D eigenvalue weighted by Crippen LogP contribution is -2.45. The zero-order valence-electron chi connectivity index (χ0n) is 22.9. The molecule has 1 aliphatic heterocycles. The molecule has 0 saturated heterocycles. The molecule has 2 aromatic carbocycles. The first-order valence-electron chi connectivity index (χ1n) is 13.6. The second-order valence-electron chi connectivity index (χ2n) is 9.94. The number of benzene rings is 2. The fraction of sp³-hybridized carbons (Fsp3) is 0.379. The highest BCUT2D eigenvalue weighted by Gasteiger charge is 2.27. The van der Waals surface area contributed by atoms with E-state index in [4.69, 9.17) is 15.6 Å². The number of nitrogens with zero attached hydrogens (tertiary/aromatic N) is 3. The lowest BCUT2D eigenvalue weighted by molar-refractivity contribution is 0.0818. The molecule has 4 rings (SSSR count). The summed E-state index contributed by atoms with van der Waals surface area (Å²) in [6.07, 6.45) is 4.89. The molecule has 0 aliphatic carbocycles. The molecule has 0 fully saturated rings. The van der Waals surface area contributed by atoms with Gasteiger partial charge in [0.25, 0.3) is 5.91 Å². The summed E-state index contributed by atoms with van der Waals surface area (Å²) in [7, 11) is 0. The number of amidine groups is 1. The Morgan fingerprint density at radius 2 is 2.10 bits per heavy atom. The lowest BCUT2D eigenvalue weighted by Gasteiger charge is -2.33. The van der Waals surface area contributed by atoms with Crippen LogP contribution in [0, 0.1) is 17.0 Å². The molecule has 0 spiro atoms. The summed E-state index contributed by atoms with van der Waals surface area (Å²) in [6, 6.07) is 5.65. The van der Waals surface area contributed by atoms with Gasteiger partial charge < -0.3 is 30.8 Å². The number of nitrogens with two attached hydrogens (primary N) is 1. The summed E-state index contributed by atoms with van der Waals surface area (Å²) in [5.41, 5.74) is 8.64. The van der Waals surface area contributed by atoms with Crippen molar-refractivity contribution < 1.29 is 23.1 Å². The number of carbonyl (C=O) groups is 1. The van der Waals surface area contributed by atoms with Gasteiger partial charge in [0.05, 0.1) is 35.3 Å². The number of aliphatic hydroxyl groups is 1. The van der Waals surface area contributed by atoms with E-state index in [1.807, 2.05) is 0 Å². The molecule has 6 N–H and O–H groups in total. The standard InChI is InChI=1S/C29H35F2N7O3/c1-2-3-8-38-9-6-34-27-22(29-35-7-10-41-29)14-19(15-24(27)38)28(40)37-23(25(39)4-5-26(33)36-17-32)13-18-11-20(30)16-21(31)12-18/h7,10-12,14-17,23,25,34,39H,2-6,8-9,13H2,1H3,(H,37,40)(H3,32,33,36). The van der Waals surface area contributed by atoms with Gasteiger partial charge in [0.15, 0.2) is 0 Å². The molecule has 10 nitrogen and oxygen atoms in total. The van der Waals surface area contributed by atoms with Crippen molar-refractivity contribution in [2.75, 3.05) is 29.9 Å². The Morgan fingerprint density at radius 1 is 1.32 bits per heavy atom. The molecule has 2 heterocycles. The molecule has 12 heteroatoms. The Bertz CT molecular complexity index is 1360. The summed E-state index contributed by atoms with van der Waals surface area (Å²) in [4.78, 5) is 23.9. The number of rotatable bonds is 13. The molecular formula is C29H35F2N7O3. The van der Waals surface area contributed by atoms with Crippen LogP contribution < -0.4 is 21.3 Å². The van der Waals surface area contributed by atoms with Crippen molar-refractivity contribution in [2.24, 2.45) is 10.7 Å². The number of oxazole rings is 1. The molecular weight excluding hydrogens is 532 g/mol. The van der Waals surface area contributed by atoms with Crippen LogP contribution in [-0.4, -0.2) is 60.0 Å². The van der Waals surface area contributed by atoms with Crippen molar-refractivity contribution >= 4 is 29.5 Å². The van der Waals surface area contributed by atoms with Gasteiger partial charge in [0.1, 0.15) is 30.1 Å². The van der Waals surface area contributed by atoms with Crippen LogP contribution >= 0.6 is 0 Å². The zero-order valence-corrected chi connectivity index (χ0v) is 22.9. The van der Waals surface area contributed by atoms with Gasteiger partial charge in [-0.1, -0.05) is 13.3 Å². The summed E-state index contributed by atoms with van der Waals surface area (Å²) >= 11 is 0. The van der Waals surface area contributed by atoms with Crippen molar-refractivity contribution in [3.63, 3.8) is 0 Å². The third-order valence-corrected chi connectivity index (χ3v) is 6.93. The molecule has 1 aromatic heterocycles. The molecule has 41 heavy (non-hydrogen) atoms. The van der Waals surface area contributed by atoms with Gasteiger partial charge >= 0.3 is 0 Å². The van der Waals surface area contributed by atoms with Crippen molar-refractivity contribution in [2.45, 2.75) is 51.2 Å².